The van der Waals surface area contributed by atoms with Gasteiger partial charge in [0.2, 0.25) is 5.91 Å². The summed E-state index contributed by atoms with van der Waals surface area (Å²) in [4.78, 5) is 13.6. The van der Waals surface area contributed by atoms with Gasteiger partial charge >= 0.3 is 0 Å². The Morgan fingerprint density at radius 3 is 2.75 bits per heavy atom. The first kappa shape index (κ1) is 15.0. The van der Waals surface area contributed by atoms with Crippen LogP contribution in [0.5, 0.6) is 0 Å². The maximum Gasteiger partial charge on any atom is 0.248 e. The smallest absolute Gasteiger partial charge is 0.248 e. The van der Waals surface area contributed by atoms with Gasteiger partial charge in [-0.05, 0) is 57.1 Å². The molecular weight excluding hydrogens is 250 g/mol. The van der Waals surface area contributed by atoms with Crippen molar-refractivity contribution in [2.45, 2.75) is 38.3 Å². The van der Waals surface area contributed by atoms with Crippen molar-refractivity contribution < 1.29 is 4.79 Å². The number of primary amides is 1. The minimum Gasteiger partial charge on any atom is -0.366 e. The average molecular weight is 275 g/mol. The minimum absolute atomic E-state index is 0.360. The number of piperidine rings is 1. The van der Waals surface area contributed by atoms with Gasteiger partial charge in [-0.1, -0.05) is 18.6 Å². The van der Waals surface area contributed by atoms with Crippen molar-refractivity contribution >= 4 is 5.91 Å². The molecular formula is C16H25N3O. The minimum atomic E-state index is -0.360. The molecule has 1 saturated heterocycles. The molecule has 1 aliphatic rings. The Hall–Kier alpha value is -1.39. The lowest BCUT2D eigenvalue weighted by Gasteiger charge is -2.36. The van der Waals surface area contributed by atoms with Crippen molar-refractivity contribution in [1.29, 1.82) is 0 Å². The molecule has 1 unspecified atom stereocenters. The second-order valence-corrected chi connectivity index (χ2v) is 5.57. The van der Waals surface area contributed by atoms with E-state index >= 15 is 0 Å². The largest absolute Gasteiger partial charge is 0.366 e. The lowest BCUT2D eigenvalue weighted by Crippen LogP contribution is -2.40. The van der Waals surface area contributed by atoms with Gasteiger partial charge in [-0.2, -0.15) is 0 Å². The number of benzene rings is 1. The van der Waals surface area contributed by atoms with E-state index < -0.39 is 0 Å². The summed E-state index contributed by atoms with van der Waals surface area (Å²) in [6.45, 7) is 3.21. The number of nitrogens with two attached hydrogens (primary N) is 1. The summed E-state index contributed by atoms with van der Waals surface area (Å²) in [5.41, 5.74) is 7.11. The highest BCUT2D eigenvalue weighted by molar-refractivity contribution is 5.92. The lowest BCUT2D eigenvalue weighted by atomic mass is 9.98. The number of carbonyl (C=O) groups excluding carboxylic acids is 1. The van der Waals surface area contributed by atoms with Crippen molar-refractivity contribution in [3.63, 3.8) is 0 Å². The van der Waals surface area contributed by atoms with Crippen LogP contribution in [0.2, 0.25) is 0 Å². The Kier molecular flexibility index (Phi) is 5.56. The maximum absolute atomic E-state index is 11.1. The van der Waals surface area contributed by atoms with E-state index in [-0.39, 0.29) is 5.91 Å². The van der Waals surface area contributed by atoms with E-state index in [0.29, 0.717) is 11.6 Å². The number of likely N-dealkylation sites (tertiary alicyclic amines) is 1. The number of hydrogen-bond acceptors (Lipinski definition) is 3. The number of amides is 1. The number of nitrogens with zero attached hydrogens (tertiary/aromatic N) is 1. The van der Waals surface area contributed by atoms with Crippen LogP contribution in [0.4, 0.5) is 0 Å². The fraction of sp³-hybridized carbons (Fsp3) is 0.562. The van der Waals surface area contributed by atoms with E-state index in [1.807, 2.05) is 31.3 Å². The molecule has 1 aromatic carbocycles. The van der Waals surface area contributed by atoms with Crippen LogP contribution in [0.25, 0.3) is 0 Å². The summed E-state index contributed by atoms with van der Waals surface area (Å²) >= 11 is 0. The third-order valence-corrected chi connectivity index (χ3v) is 4.10. The molecule has 4 heteroatoms. The summed E-state index contributed by atoms with van der Waals surface area (Å²) < 4.78 is 0. The van der Waals surface area contributed by atoms with E-state index in [4.69, 9.17) is 5.73 Å². The Morgan fingerprint density at radius 1 is 1.35 bits per heavy atom. The topological polar surface area (TPSA) is 58.4 Å². The van der Waals surface area contributed by atoms with Gasteiger partial charge in [-0.15, -0.1) is 0 Å². The molecule has 4 nitrogen and oxygen atoms in total. The predicted octanol–water partition coefficient (Wildman–Crippen LogP) is 1.75. The molecule has 20 heavy (non-hydrogen) atoms. The van der Waals surface area contributed by atoms with E-state index in [0.717, 1.165) is 13.1 Å². The standard InChI is InChI=1S/C16H25N3O/c1-18-10-9-15-4-2-3-11-19(15)12-13-5-7-14(8-6-13)16(17)20/h5-8,15,18H,2-4,9-12H2,1H3,(H2,17,20). The maximum atomic E-state index is 11.1. The van der Waals surface area contributed by atoms with Crippen LogP contribution in [-0.4, -0.2) is 37.0 Å². The molecule has 1 amide bonds. The highest BCUT2D eigenvalue weighted by atomic mass is 16.1. The van der Waals surface area contributed by atoms with Crippen molar-refractivity contribution in [3.05, 3.63) is 35.4 Å². The molecule has 0 aliphatic carbocycles. The fourth-order valence-electron chi connectivity index (χ4n) is 2.91. The first-order valence-electron chi connectivity index (χ1n) is 7.48. The molecule has 3 N–H and O–H groups in total. The van der Waals surface area contributed by atoms with Crippen LogP contribution in [0.1, 0.15) is 41.6 Å². The number of rotatable bonds is 6. The van der Waals surface area contributed by atoms with E-state index in [1.165, 1.54) is 37.8 Å². The van der Waals surface area contributed by atoms with Gasteiger partial charge < -0.3 is 11.1 Å². The molecule has 2 rings (SSSR count). The number of hydrogen-bond donors (Lipinski definition) is 2. The van der Waals surface area contributed by atoms with Crippen molar-refractivity contribution in [2.75, 3.05) is 20.1 Å². The zero-order valence-corrected chi connectivity index (χ0v) is 12.3. The van der Waals surface area contributed by atoms with E-state index in [2.05, 4.69) is 10.2 Å². The average Bonchev–Trinajstić information content (AvgIpc) is 2.47. The molecule has 1 fully saturated rings. The first-order valence-corrected chi connectivity index (χ1v) is 7.48. The van der Waals surface area contributed by atoms with Crippen molar-refractivity contribution in [1.82, 2.24) is 10.2 Å². The third kappa shape index (κ3) is 4.05. The van der Waals surface area contributed by atoms with Crippen molar-refractivity contribution in [3.8, 4) is 0 Å². The zero-order valence-electron chi connectivity index (χ0n) is 12.3. The molecule has 0 bridgehead atoms. The van der Waals surface area contributed by atoms with Crippen LogP contribution >= 0.6 is 0 Å². The summed E-state index contributed by atoms with van der Waals surface area (Å²) in [7, 11) is 2.01. The molecule has 110 valence electrons. The van der Waals surface area contributed by atoms with Crippen LogP contribution in [-0.2, 0) is 6.54 Å². The van der Waals surface area contributed by atoms with Gasteiger partial charge in [-0.3, -0.25) is 9.69 Å². The summed E-state index contributed by atoms with van der Waals surface area (Å²) in [6.07, 6.45) is 5.12. The second kappa shape index (κ2) is 7.41. The Balaban J connectivity index is 1.97. The molecule has 1 aliphatic heterocycles. The Bertz CT molecular complexity index is 430. The SMILES string of the molecule is CNCCC1CCCCN1Cc1ccc(C(N)=O)cc1. The van der Waals surface area contributed by atoms with E-state index in [1.54, 1.807) is 0 Å². The Labute approximate surface area is 121 Å². The summed E-state index contributed by atoms with van der Waals surface area (Å²) in [5, 5.41) is 3.24. The van der Waals surface area contributed by atoms with Gasteiger partial charge in [0, 0.05) is 18.2 Å². The monoisotopic (exact) mass is 275 g/mol. The summed E-state index contributed by atoms with van der Waals surface area (Å²) in [5.74, 6) is -0.360. The molecule has 1 aromatic rings. The van der Waals surface area contributed by atoms with Gasteiger partial charge in [-0.25, -0.2) is 0 Å². The molecule has 0 radical (unpaired) electrons. The fourth-order valence-corrected chi connectivity index (χ4v) is 2.91. The van der Waals surface area contributed by atoms with Gasteiger partial charge in [0.25, 0.3) is 0 Å². The zero-order chi connectivity index (χ0) is 14.4. The van der Waals surface area contributed by atoms with Gasteiger partial charge in [0.05, 0.1) is 0 Å². The van der Waals surface area contributed by atoms with Crippen LogP contribution < -0.4 is 11.1 Å². The number of nitrogens with one attached hydrogen (secondary N) is 1. The second-order valence-electron chi connectivity index (χ2n) is 5.57. The lowest BCUT2D eigenvalue weighted by molar-refractivity contribution is 0.1000. The quantitative estimate of drug-likeness (QED) is 0.831. The van der Waals surface area contributed by atoms with Crippen LogP contribution in [0.3, 0.4) is 0 Å². The van der Waals surface area contributed by atoms with Crippen molar-refractivity contribution in [2.24, 2.45) is 5.73 Å². The van der Waals surface area contributed by atoms with E-state index in [9.17, 15) is 4.79 Å². The molecule has 1 atom stereocenters. The predicted molar refractivity (Wildman–Crippen MR) is 81.6 cm³/mol. The first-order chi connectivity index (χ1) is 9.70. The van der Waals surface area contributed by atoms with Gasteiger partial charge in [0.15, 0.2) is 0 Å². The molecule has 1 heterocycles. The third-order valence-electron chi connectivity index (χ3n) is 4.10. The molecule has 0 spiro atoms. The van der Waals surface area contributed by atoms with Crippen LogP contribution in [0.15, 0.2) is 24.3 Å². The normalized spacial score (nSPS) is 19.9. The summed E-state index contributed by atoms with van der Waals surface area (Å²) in [6, 6.07) is 8.36. The van der Waals surface area contributed by atoms with Gasteiger partial charge in [0.1, 0.15) is 0 Å². The molecule has 0 aromatic heterocycles. The number of carbonyl (C=O) groups is 1. The van der Waals surface area contributed by atoms with Crippen LogP contribution in [0, 0.1) is 0 Å². The Morgan fingerprint density at radius 2 is 2.10 bits per heavy atom. The highest BCUT2D eigenvalue weighted by Crippen LogP contribution is 2.21. The molecule has 0 saturated carbocycles. The highest BCUT2D eigenvalue weighted by Gasteiger charge is 2.21.